The smallest absolute Gasteiger partial charge is 0.221 e. The van der Waals surface area contributed by atoms with Gasteiger partial charge in [0.25, 0.3) is 0 Å². The van der Waals surface area contributed by atoms with Crippen molar-refractivity contribution in [1.82, 2.24) is 0 Å². The molecule has 7 heteroatoms. The number of nitrogens with one attached hydrogen (secondary N) is 2. The second-order valence-electron chi connectivity index (χ2n) is 4.73. The van der Waals surface area contributed by atoms with E-state index in [1.807, 2.05) is 0 Å². The first-order valence-electron chi connectivity index (χ1n) is 6.11. The van der Waals surface area contributed by atoms with Gasteiger partial charge in [-0.05, 0) is 25.1 Å². The van der Waals surface area contributed by atoms with E-state index in [4.69, 9.17) is 4.74 Å². The standard InChI is InChI=1S/C13H20N2O4S/c1-9(8-20(4,17)18)14-12-7-11(15-10(2)16)5-6-13(12)19-3/h5-7,9,14H,8H2,1-4H3,(H,15,16). The first kappa shape index (κ1) is 16.3. The number of rotatable bonds is 6. The van der Waals surface area contributed by atoms with Crippen LogP contribution in [0.4, 0.5) is 11.4 Å². The van der Waals surface area contributed by atoms with Crippen molar-refractivity contribution in [3.05, 3.63) is 18.2 Å². The van der Waals surface area contributed by atoms with Crippen LogP contribution in [-0.2, 0) is 14.6 Å². The second kappa shape index (κ2) is 6.60. The van der Waals surface area contributed by atoms with E-state index in [1.54, 1.807) is 25.1 Å². The summed E-state index contributed by atoms with van der Waals surface area (Å²) in [6.45, 7) is 3.19. The zero-order valence-corrected chi connectivity index (χ0v) is 12.9. The molecule has 1 unspecified atom stereocenters. The van der Waals surface area contributed by atoms with Crippen molar-refractivity contribution in [1.29, 1.82) is 0 Å². The van der Waals surface area contributed by atoms with Crippen molar-refractivity contribution in [3.8, 4) is 5.75 Å². The predicted octanol–water partition coefficient (Wildman–Crippen LogP) is 1.50. The van der Waals surface area contributed by atoms with Crippen molar-refractivity contribution in [3.63, 3.8) is 0 Å². The monoisotopic (exact) mass is 300 g/mol. The topological polar surface area (TPSA) is 84.5 Å². The van der Waals surface area contributed by atoms with Crippen molar-refractivity contribution in [2.75, 3.05) is 29.8 Å². The molecule has 0 aliphatic rings. The fourth-order valence-electron chi connectivity index (χ4n) is 1.86. The first-order chi connectivity index (χ1) is 9.21. The molecule has 1 aromatic carbocycles. The molecular formula is C13H20N2O4S. The van der Waals surface area contributed by atoms with Crippen LogP contribution in [0.25, 0.3) is 0 Å². The third kappa shape index (κ3) is 5.48. The van der Waals surface area contributed by atoms with Crippen LogP contribution < -0.4 is 15.4 Å². The molecule has 1 aromatic rings. The van der Waals surface area contributed by atoms with Crippen molar-refractivity contribution in [2.24, 2.45) is 0 Å². The molecule has 0 radical (unpaired) electrons. The number of ether oxygens (including phenoxy) is 1. The predicted molar refractivity (Wildman–Crippen MR) is 80.1 cm³/mol. The molecule has 1 amide bonds. The van der Waals surface area contributed by atoms with Crippen molar-refractivity contribution >= 4 is 27.1 Å². The van der Waals surface area contributed by atoms with Crippen molar-refractivity contribution < 1.29 is 17.9 Å². The lowest BCUT2D eigenvalue weighted by molar-refractivity contribution is -0.114. The Hall–Kier alpha value is -1.76. The van der Waals surface area contributed by atoms with Crippen LogP contribution in [0, 0.1) is 0 Å². The zero-order chi connectivity index (χ0) is 15.3. The van der Waals surface area contributed by atoms with Gasteiger partial charge < -0.3 is 15.4 Å². The third-order valence-electron chi connectivity index (χ3n) is 2.47. The molecule has 0 aliphatic carbocycles. The Morgan fingerprint density at radius 1 is 1.40 bits per heavy atom. The minimum absolute atomic E-state index is 0.0144. The molecule has 0 saturated carbocycles. The minimum Gasteiger partial charge on any atom is -0.495 e. The maximum absolute atomic E-state index is 11.3. The SMILES string of the molecule is COc1ccc(NC(C)=O)cc1NC(C)CS(C)(=O)=O. The van der Waals surface area contributed by atoms with Crippen LogP contribution in [0.15, 0.2) is 18.2 Å². The molecule has 6 nitrogen and oxygen atoms in total. The number of carbonyl (C=O) groups excluding carboxylic acids is 1. The van der Waals surface area contributed by atoms with E-state index in [9.17, 15) is 13.2 Å². The van der Waals surface area contributed by atoms with Gasteiger partial charge in [0.1, 0.15) is 15.6 Å². The normalized spacial score (nSPS) is 12.6. The Morgan fingerprint density at radius 2 is 2.05 bits per heavy atom. The lowest BCUT2D eigenvalue weighted by Crippen LogP contribution is -2.25. The second-order valence-corrected chi connectivity index (χ2v) is 6.92. The quantitative estimate of drug-likeness (QED) is 0.831. The minimum atomic E-state index is -3.07. The number of anilines is 2. The summed E-state index contributed by atoms with van der Waals surface area (Å²) in [5.74, 6) is 0.422. The molecule has 0 saturated heterocycles. The number of carbonyl (C=O) groups is 1. The van der Waals surface area contributed by atoms with E-state index >= 15 is 0 Å². The van der Waals surface area contributed by atoms with Gasteiger partial charge in [-0.3, -0.25) is 4.79 Å². The van der Waals surface area contributed by atoms with Gasteiger partial charge in [-0.25, -0.2) is 8.42 Å². The van der Waals surface area contributed by atoms with Crippen LogP contribution in [0.2, 0.25) is 0 Å². The molecule has 0 spiro atoms. The van der Waals surface area contributed by atoms with E-state index in [-0.39, 0.29) is 17.7 Å². The molecule has 1 rings (SSSR count). The summed E-state index contributed by atoms with van der Waals surface area (Å²) in [6, 6.07) is 4.86. The molecule has 20 heavy (non-hydrogen) atoms. The summed E-state index contributed by atoms with van der Waals surface area (Å²) in [6.07, 6.45) is 1.19. The Bertz CT molecular complexity index is 584. The first-order valence-corrected chi connectivity index (χ1v) is 8.17. The van der Waals surface area contributed by atoms with Gasteiger partial charge in [0, 0.05) is 24.9 Å². The molecular weight excluding hydrogens is 280 g/mol. The van der Waals surface area contributed by atoms with Gasteiger partial charge >= 0.3 is 0 Å². The Balaban J connectivity index is 2.93. The molecule has 0 heterocycles. The average Bonchev–Trinajstić information content (AvgIpc) is 2.25. The Morgan fingerprint density at radius 3 is 2.55 bits per heavy atom. The highest BCUT2D eigenvalue weighted by atomic mass is 32.2. The number of benzene rings is 1. The summed E-state index contributed by atoms with van der Waals surface area (Å²) in [4.78, 5) is 11.0. The summed E-state index contributed by atoms with van der Waals surface area (Å²) < 4.78 is 27.8. The fraction of sp³-hybridized carbons (Fsp3) is 0.462. The van der Waals surface area contributed by atoms with Gasteiger partial charge in [-0.15, -0.1) is 0 Å². The number of methoxy groups -OCH3 is 1. The summed E-state index contributed by atoms with van der Waals surface area (Å²) in [7, 11) is -1.54. The molecule has 2 N–H and O–H groups in total. The number of hydrogen-bond acceptors (Lipinski definition) is 5. The van der Waals surface area contributed by atoms with Gasteiger partial charge in [-0.2, -0.15) is 0 Å². The average molecular weight is 300 g/mol. The van der Waals surface area contributed by atoms with E-state index in [0.29, 0.717) is 17.1 Å². The highest BCUT2D eigenvalue weighted by Gasteiger charge is 2.13. The summed E-state index contributed by atoms with van der Waals surface area (Å²) in [5.41, 5.74) is 1.25. The van der Waals surface area contributed by atoms with E-state index in [2.05, 4.69) is 10.6 Å². The largest absolute Gasteiger partial charge is 0.495 e. The Kier molecular flexibility index (Phi) is 5.38. The summed E-state index contributed by atoms with van der Waals surface area (Å²) >= 11 is 0. The summed E-state index contributed by atoms with van der Waals surface area (Å²) in [5, 5.41) is 5.74. The van der Waals surface area contributed by atoms with E-state index in [0.717, 1.165) is 0 Å². The van der Waals surface area contributed by atoms with Gasteiger partial charge in [0.05, 0.1) is 18.6 Å². The fourth-order valence-corrected chi connectivity index (χ4v) is 2.85. The lowest BCUT2D eigenvalue weighted by atomic mass is 10.2. The number of hydrogen-bond donors (Lipinski definition) is 2. The van der Waals surface area contributed by atoms with Gasteiger partial charge in [0.15, 0.2) is 0 Å². The number of sulfone groups is 1. The van der Waals surface area contributed by atoms with Crippen molar-refractivity contribution in [2.45, 2.75) is 19.9 Å². The van der Waals surface area contributed by atoms with Crippen LogP contribution in [0.1, 0.15) is 13.8 Å². The van der Waals surface area contributed by atoms with Crippen LogP contribution in [-0.4, -0.2) is 39.5 Å². The molecule has 0 aromatic heterocycles. The van der Waals surface area contributed by atoms with Crippen LogP contribution in [0.5, 0.6) is 5.75 Å². The molecule has 1 atom stereocenters. The molecule has 0 fully saturated rings. The van der Waals surface area contributed by atoms with Gasteiger partial charge in [-0.1, -0.05) is 0 Å². The van der Waals surface area contributed by atoms with E-state index in [1.165, 1.54) is 20.3 Å². The zero-order valence-electron chi connectivity index (χ0n) is 12.1. The molecule has 0 bridgehead atoms. The van der Waals surface area contributed by atoms with Crippen LogP contribution >= 0.6 is 0 Å². The molecule has 0 aliphatic heterocycles. The maximum atomic E-state index is 11.3. The lowest BCUT2D eigenvalue weighted by Gasteiger charge is -2.17. The van der Waals surface area contributed by atoms with E-state index < -0.39 is 9.84 Å². The van der Waals surface area contributed by atoms with Gasteiger partial charge in [0.2, 0.25) is 5.91 Å². The number of amides is 1. The molecule has 112 valence electrons. The maximum Gasteiger partial charge on any atom is 0.221 e. The Labute approximate surface area is 119 Å². The highest BCUT2D eigenvalue weighted by molar-refractivity contribution is 7.90. The third-order valence-corrected chi connectivity index (χ3v) is 3.58. The van der Waals surface area contributed by atoms with Crippen LogP contribution in [0.3, 0.4) is 0 Å². The highest BCUT2D eigenvalue weighted by Crippen LogP contribution is 2.28.